The van der Waals surface area contributed by atoms with Crippen LogP contribution in [0.1, 0.15) is 35.6 Å². The van der Waals surface area contributed by atoms with Crippen molar-refractivity contribution < 1.29 is 8.81 Å². The van der Waals surface area contributed by atoms with E-state index in [1.165, 1.54) is 0 Å². The van der Waals surface area contributed by atoms with Crippen molar-refractivity contribution >= 4 is 0 Å². The fourth-order valence-corrected chi connectivity index (χ4v) is 2.07. The number of hydrogen-bond donors (Lipinski definition) is 1. The molecular formula is C15H18FNO. The molecule has 96 valence electrons. The van der Waals surface area contributed by atoms with E-state index < -0.39 is 0 Å². The Morgan fingerprint density at radius 1 is 1.22 bits per heavy atom. The molecule has 0 amide bonds. The SMILES string of the molecule is CCNC(c1ccc(C)o1)c1cccc(C)c1F. The zero-order chi connectivity index (χ0) is 13.1. The lowest BCUT2D eigenvalue weighted by Crippen LogP contribution is -2.22. The highest BCUT2D eigenvalue weighted by atomic mass is 19.1. The van der Waals surface area contributed by atoms with Crippen LogP contribution in [0.2, 0.25) is 0 Å². The van der Waals surface area contributed by atoms with Crippen LogP contribution in [-0.2, 0) is 0 Å². The van der Waals surface area contributed by atoms with Crippen molar-refractivity contribution in [2.75, 3.05) is 6.54 Å². The quantitative estimate of drug-likeness (QED) is 0.890. The fourth-order valence-electron chi connectivity index (χ4n) is 2.07. The largest absolute Gasteiger partial charge is 0.464 e. The average Bonchev–Trinajstić information content (AvgIpc) is 2.77. The van der Waals surface area contributed by atoms with Crippen LogP contribution in [0, 0.1) is 19.7 Å². The number of hydrogen-bond acceptors (Lipinski definition) is 2. The molecule has 0 fully saturated rings. The molecule has 2 aromatic rings. The molecule has 0 saturated carbocycles. The van der Waals surface area contributed by atoms with Crippen molar-refractivity contribution in [2.45, 2.75) is 26.8 Å². The summed E-state index contributed by atoms with van der Waals surface area (Å²) in [7, 11) is 0. The molecule has 1 unspecified atom stereocenters. The molecule has 2 rings (SSSR count). The van der Waals surface area contributed by atoms with Gasteiger partial charge in [0, 0.05) is 5.56 Å². The molecule has 0 bridgehead atoms. The van der Waals surface area contributed by atoms with Crippen molar-refractivity contribution in [3.8, 4) is 0 Å². The molecule has 0 radical (unpaired) electrons. The van der Waals surface area contributed by atoms with E-state index in [-0.39, 0.29) is 11.9 Å². The van der Waals surface area contributed by atoms with Gasteiger partial charge in [-0.05, 0) is 38.1 Å². The van der Waals surface area contributed by atoms with E-state index in [4.69, 9.17) is 4.42 Å². The summed E-state index contributed by atoms with van der Waals surface area (Å²) >= 11 is 0. The van der Waals surface area contributed by atoms with Gasteiger partial charge in [0.2, 0.25) is 0 Å². The van der Waals surface area contributed by atoms with Crippen LogP contribution in [0.5, 0.6) is 0 Å². The van der Waals surface area contributed by atoms with Gasteiger partial charge in [0.15, 0.2) is 0 Å². The number of rotatable bonds is 4. The topological polar surface area (TPSA) is 25.2 Å². The molecule has 0 aliphatic rings. The fraction of sp³-hybridized carbons (Fsp3) is 0.333. The maximum atomic E-state index is 14.2. The molecule has 2 nitrogen and oxygen atoms in total. The second kappa shape index (κ2) is 5.36. The van der Waals surface area contributed by atoms with Crippen molar-refractivity contribution in [2.24, 2.45) is 0 Å². The minimum atomic E-state index is -0.233. The average molecular weight is 247 g/mol. The Labute approximate surface area is 107 Å². The van der Waals surface area contributed by atoms with E-state index >= 15 is 0 Å². The van der Waals surface area contributed by atoms with Crippen LogP contribution in [0.4, 0.5) is 4.39 Å². The molecule has 1 aromatic heterocycles. The molecule has 18 heavy (non-hydrogen) atoms. The van der Waals surface area contributed by atoms with Gasteiger partial charge in [-0.15, -0.1) is 0 Å². The summed E-state index contributed by atoms with van der Waals surface area (Å²) in [5, 5.41) is 3.26. The van der Waals surface area contributed by atoms with Gasteiger partial charge in [-0.25, -0.2) is 4.39 Å². The number of furan rings is 1. The summed E-state index contributed by atoms with van der Waals surface area (Å²) in [6.45, 7) is 6.41. The second-order valence-corrected chi connectivity index (χ2v) is 4.42. The summed E-state index contributed by atoms with van der Waals surface area (Å²) in [4.78, 5) is 0. The first-order chi connectivity index (χ1) is 8.63. The summed E-state index contributed by atoms with van der Waals surface area (Å²) in [6, 6.07) is 9.00. The van der Waals surface area contributed by atoms with Crippen LogP contribution >= 0.6 is 0 Å². The first kappa shape index (κ1) is 12.8. The Balaban J connectivity index is 2.44. The van der Waals surface area contributed by atoms with Gasteiger partial charge in [-0.2, -0.15) is 0 Å². The molecule has 1 heterocycles. The van der Waals surface area contributed by atoms with E-state index in [1.54, 1.807) is 19.1 Å². The lowest BCUT2D eigenvalue weighted by Gasteiger charge is -2.17. The van der Waals surface area contributed by atoms with Crippen molar-refractivity contribution in [1.82, 2.24) is 5.32 Å². The number of aryl methyl sites for hydroxylation is 2. The normalized spacial score (nSPS) is 12.7. The smallest absolute Gasteiger partial charge is 0.131 e. The Hall–Kier alpha value is -1.61. The Kier molecular flexibility index (Phi) is 3.82. The van der Waals surface area contributed by atoms with Gasteiger partial charge in [0.1, 0.15) is 17.3 Å². The zero-order valence-electron chi connectivity index (χ0n) is 11.0. The van der Waals surface area contributed by atoms with Crippen LogP contribution in [0.25, 0.3) is 0 Å². The Bertz CT molecular complexity index is 533. The molecule has 0 aliphatic carbocycles. The highest BCUT2D eigenvalue weighted by Gasteiger charge is 2.20. The van der Waals surface area contributed by atoms with Gasteiger partial charge in [0.25, 0.3) is 0 Å². The Morgan fingerprint density at radius 3 is 2.61 bits per heavy atom. The van der Waals surface area contributed by atoms with Crippen LogP contribution in [-0.4, -0.2) is 6.54 Å². The summed E-state index contributed by atoms with van der Waals surface area (Å²) in [6.07, 6.45) is 0. The predicted octanol–water partition coefficient (Wildman–Crippen LogP) is 3.73. The van der Waals surface area contributed by atoms with E-state index in [9.17, 15) is 4.39 Å². The monoisotopic (exact) mass is 247 g/mol. The second-order valence-electron chi connectivity index (χ2n) is 4.42. The van der Waals surface area contributed by atoms with Crippen molar-refractivity contribution in [3.05, 3.63) is 58.8 Å². The summed E-state index contributed by atoms with van der Waals surface area (Å²) in [5.41, 5.74) is 1.28. The third kappa shape index (κ3) is 2.46. The third-order valence-corrected chi connectivity index (χ3v) is 2.99. The van der Waals surface area contributed by atoms with Crippen LogP contribution in [0.15, 0.2) is 34.7 Å². The molecule has 0 aliphatic heterocycles. The Morgan fingerprint density at radius 2 is 2.00 bits per heavy atom. The van der Waals surface area contributed by atoms with Gasteiger partial charge < -0.3 is 9.73 Å². The molecule has 1 atom stereocenters. The summed E-state index contributed by atoms with van der Waals surface area (Å²) in [5.74, 6) is 1.41. The lowest BCUT2D eigenvalue weighted by molar-refractivity contribution is 0.426. The van der Waals surface area contributed by atoms with Gasteiger partial charge in [0.05, 0.1) is 6.04 Å². The van der Waals surface area contributed by atoms with E-state index in [0.717, 1.165) is 18.1 Å². The van der Waals surface area contributed by atoms with Crippen molar-refractivity contribution in [1.29, 1.82) is 0 Å². The molecule has 0 saturated heterocycles. The van der Waals surface area contributed by atoms with Gasteiger partial charge in [-0.1, -0.05) is 25.1 Å². The highest BCUT2D eigenvalue weighted by Crippen LogP contribution is 2.27. The minimum Gasteiger partial charge on any atom is -0.464 e. The maximum Gasteiger partial charge on any atom is 0.131 e. The molecule has 3 heteroatoms. The predicted molar refractivity (Wildman–Crippen MR) is 70.1 cm³/mol. The number of benzene rings is 1. The van der Waals surface area contributed by atoms with E-state index in [1.807, 2.05) is 32.0 Å². The van der Waals surface area contributed by atoms with Crippen molar-refractivity contribution in [3.63, 3.8) is 0 Å². The van der Waals surface area contributed by atoms with Gasteiger partial charge in [-0.3, -0.25) is 0 Å². The number of halogens is 1. The molecule has 0 spiro atoms. The van der Waals surface area contributed by atoms with Crippen LogP contribution in [0.3, 0.4) is 0 Å². The van der Waals surface area contributed by atoms with E-state index in [2.05, 4.69) is 5.32 Å². The zero-order valence-corrected chi connectivity index (χ0v) is 11.0. The highest BCUT2D eigenvalue weighted by molar-refractivity contribution is 5.32. The van der Waals surface area contributed by atoms with Gasteiger partial charge >= 0.3 is 0 Å². The van der Waals surface area contributed by atoms with E-state index in [0.29, 0.717) is 11.1 Å². The third-order valence-electron chi connectivity index (χ3n) is 2.99. The van der Waals surface area contributed by atoms with Crippen LogP contribution < -0.4 is 5.32 Å². The molecule has 1 N–H and O–H groups in total. The summed E-state index contributed by atoms with van der Waals surface area (Å²) < 4.78 is 19.8. The minimum absolute atomic E-state index is 0.169. The number of nitrogens with one attached hydrogen (secondary N) is 1. The lowest BCUT2D eigenvalue weighted by atomic mass is 10.0. The first-order valence-corrected chi connectivity index (χ1v) is 6.18. The molecule has 1 aromatic carbocycles. The standard InChI is InChI=1S/C15H18FNO/c1-4-17-15(13-9-8-11(3)18-13)12-7-5-6-10(2)14(12)16/h5-9,15,17H,4H2,1-3H3. The molecular weight excluding hydrogens is 229 g/mol. The first-order valence-electron chi connectivity index (χ1n) is 6.18. The maximum absolute atomic E-state index is 14.2.